The molecule has 1 saturated heterocycles. The Morgan fingerprint density at radius 2 is 1.69 bits per heavy atom. The number of sulfonamides is 1. The number of hydrogen-bond acceptors (Lipinski definition) is 5. The van der Waals surface area contributed by atoms with E-state index < -0.39 is 16.0 Å². The Balaban J connectivity index is 2.14. The Kier molecular flexibility index (Phi) is 6.13. The summed E-state index contributed by atoms with van der Waals surface area (Å²) < 4.78 is 32.3. The van der Waals surface area contributed by atoms with E-state index in [0.717, 1.165) is 6.42 Å². The zero-order valence-corrected chi connectivity index (χ0v) is 16.4. The molecular formula is C17H26N2O6S. The molecule has 2 rings (SSSR count). The molecule has 0 bridgehead atoms. The third kappa shape index (κ3) is 4.09. The van der Waals surface area contributed by atoms with Crippen LogP contribution in [0.25, 0.3) is 0 Å². The van der Waals surface area contributed by atoms with Gasteiger partial charge in [0, 0.05) is 32.6 Å². The van der Waals surface area contributed by atoms with Crippen LogP contribution < -0.4 is 0 Å². The summed E-state index contributed by atoms with van der Waals surface area (Å²) in [5.74, 6) is -0.744. The lowest BCUT2D eigenvalue weighted by Crippen LogP contribution is -2.50. The van der Waals surface area contributed by atoms with Gasteiger partial charge < -0.3 is 14.4 Å². The van der Waals surface area contributed by atoms with E-state index in [4.69, 9.17) is 4.42 Å². The van der Waals surface area contributed by atoms with E-state index in [1.165, 1.54) is 18.2 Å². The molecule has 1 aliphatic heterocycles. The quantitative estimate of drug-likeness (QED) is 0.799. The maximum atomic E-state index is 12.9. The number of amides is 1. The van der Waals surface area contributed by atoms with E-state index in [2.05, 4.69) is 0 Å². The van der Waals surface area contributed by atoms with Crippen LogP contribution in [-0.2, 0) is 14.8 Å². The van der Waals surface area contributed by atoms with Crippen molar-refractivity contribution >= 4 is 21.9 Å². The maximum absolute atomic E-state index is 12.9. The van der Waals surface area contributed by atoms with Gasteiger partial charge in [-0.2, -0.15) is 4.31 Å². The average molecular weight is 386 g/mol. The first-order valence-electron chi connectivity index (χ1n) is 8.67. The molecule has 9 heteroatoms. The van der Waals surface area contributed by atoms with Crippen LogP contribution in [0, 0.1) is 19.8 Å². The molecule has 1 aromatic rings. The number of aryl methyl sites for hydroxylation is 2. The third-order valence-electron chi connectivity index (χ3n) is 4.54. The van der Waals surface area contributed by atoms with Crippen LogP contribution in [0.2, 0.25) is 0 Å². The van der Waals surface area contributed by atoms with Gasteiger partial charge >= 0.3 is 5.97 Å². The van der Waals surface area contributed by atoms with Gasteiger partial charge in [-0.15, -0.1) is 0 Å². The van der Waals surface area contributed by atoms with Crippen LogP contribution in [0.4, 0.5) is 0 Å². The molecule has 146 valence electrons. The van der Waals surface area contributed by atoms with E-state index >= 15 is 0 Å². The predicted molar refractivity (Wildman–Crippen MR) is 94.6 cm³/mol. The Hall–Kier alpha value is -1.87. The minimum atomic E-state index is -4.00. The SMILES string of the molecule is Cc1oc(C)c(S(=O)(=O)N2CCN(C(=O)CCC(C)C)CC2)c1C(=O)O. The number of carboxylic acids is 1. The van der Waals surface area contributed by atoms with Gasteiger partial charge in [0.2, 0.25) is 15.9 Å². The summed E-state index contributed by atoms with van der Waals surface area (Å²) in [6.45, 7) is 7.85. The van der Waals surface area contributed by atoms with Crippen molar-refractivity contribution in [2.75, 3.05) is 26.2 Å². The zero-order chi connectivity index (χ0) is 19.6. The summed E-state index contributed by atoms with van der Waals surface area (Å²) in [4.78, 5) is 25.0. The summed E-state index contributed by atoms with van der Waals surface area (Å²) in [6.07, 6.45) is 1.25. The number of furan rings is 1. The molecule has 1 amide bonds. The number of aromatic carboxylic acids is 1. The van der Waals surface area contributed by atoms with Crippen molar-refractivity contribution in [3.8, 4) is 0 Å². The monoisotopic (exact) mass is 386 g/mol. The van der Waals surface area contributed by atoms with Crippen LogP contribution in [-0.4, -0.2) is 60.8 Å². The second kappa shape index (κ2) is 7.79. The largest absolute Gasteiger partial charge is 0.478 e. The smallest absolute Gasteiger partial charge is 0.340 e. The summed E-state index contributed by atoms with van der Waals surface area (Å²) in [6, 6.07) is 0. The molecule has 0 saturated carbocycles. The lowest BCUT2D eigenvalue weighted by molar-refractivity contribution is -0.132. The van der Waals surface area contributed by atoms with Gasteiger partial charge in [-0.05, 0) is 26.2 Å². The zero-order valence-electron chi connectivity index (χ0n) is 15.6. The van der Waals surface area contributed by atoms with E-state index in [9.17, 15) is 23.1 Å². The minimum absolute atomic E-state index is 0.0253. The van der Waals surface area contributed by atoms with Crippen LogP contribution in [0.15, 0.2) is 9.31 Å². The number of carbonyl (C=O) groups excluding carboxylic acids is 1. The number of piperazine rings is 1. The fourth-order valence-electron chi connectivity index (χ4n) is 3.10. The second-order valence-corrected chi connectivity index (χ2v) is 8.82. The predicted octanol–water partition coefficient (Wildman–Crippen LogP) is 1.86. The molecule has 0 unspecified atom stereocenters. The molecule has 0 spiro atoms. The number of rotatable bonds is 6. The first-order chi connectivity index (χ1) is 12.1. The number of carbonyl (C=O) groups is 2. The first kappa shape index (κ1) is 20.4. The van der Waals surface area contributed by atoms with Gasteiger partial charge in [-0.1, -0.05) is 13.8 Å². The van der Waals surface area contributed by atoms with Gasteiger partial charge in [0.25, 0.3) is 0 Å². The molecule has 0 aromatic carbocycles. The van der Waals surface area contributed by atoms with Crippen molar-refractivity contribution in [2.45, 2.75) is 45.4 Å². The van der Waals surface area contributed by atoms with E-state index in [1.807, 2.05) is 13.8 Å². The average Bonchev–Trinajstić information content (AvgIpc) is 2.87. The van der Waals surface area contributed by atoms with Crippen molar-refractivity contribution in [3.63, 3.8) is 0 Å². The van der Waals surface area contributed by atoms with E-state index in [0.29, 0.717) is 25.4 Å². The summed E-state index contributed by atoms with van der Waals surface area (Å²) >= 11 is 0. The number of carboxylic acid groups (broad SMARTS) is 1. The van der Waals surface area contributed by atoms with Gasteiger partial charge in [0.15, 0.2) is 0 Å². The third-order valence-corrected chi connectivity index (χ3v) is 6.60. The van der Waals surface area contributed by atoms with Crippen LogP contribution in [0.5, 0.6) is 0 Å². The van der Waals surface area contributed by atoms with Gasteiger partial charge in [-0.3, -0.25) is 4.79 Å². The molecule has 1 aliphatic rings. The molecule has 26 heavy (non-hydrogen) atoms. The maximum Gasteiger partial charge on any atom is 0.340 e. The van der Waals surface area contributed by atoms with Gasteiger partial charge in [-0.25, -0.2) is 13.2 Å². The van der Waals surface area contributed by atoms with Gasteiger partial charge in [0.1, 0.15) is 22.0 Å². The van der Waals surface area contributed by atoms with Crippen LogP contribution in [0.1, 0.15) is 48.6 Å². The standard InChI is InChI=1S/C17H26N2O6S/c1-11(2)5-6-14(20)18-7-9-19(10-8-18)26(23,24)16-13(4)25-12(3)15(16)17(21)22/h11H,5-10H2,1-4H3,(H,21,22). The number of nitrogens with zero attached hydrogens (tertiary/aromatic N) is 2. The highest BCUT2D eigenvalue weighted by atomic mass is 32.2. The molecule has 8 nitrogen and oxygen atoms in total. The van der Waals surface area contributed by atoms with E-state index in [1.54, 1.807) is 4.90 Å². The Bertz CT molecular complexity index is 788. The summed E-state index contributed by atoms with van der Waals surface area (Å²) in [7, 11) is -4.00. The minimum Gasteiger partial charge on any atom is -0.478 e. The highest BCUT2D eigenvalue weighted by molar-refractivity contribution is 7.89. The second-order valence-electron chi connectivity index (χ2n) is 6.94. The summed E-state index contributed by atoms with van der Waals surface area (Å²) in [5.41, 5.74) is -0.321. The molecule has 1 fully saturated rings. The Morgan fingerprint density at radius 1 is 1.12 bits per heavy atom. The number of hydrogen-bond donors (Lipinski definition) is 1. The lowest BCUT2D eigenvalue weighted by Gasteiger charge is -2.34. The van der Waals surface area contributed by atoms with Crippen molar-refractivity contribution in [3.05, 3.63) is 17.1 Å². The van der Waals surface area contributed by atoms with Crippen molar-refractivity contribution in [1.29, 1.82) is 0 Å². The van der Waals surface area contributed by atoms with E-state index in [-0.39, 0.29) is 41.0 Å². The Morgan fingerprint density at radius 3 is 2.19 bits per heavy atom. The highest BCUT2D eigenvalue weighted by Crippen LogP contribution is 2.30. The molecule has 1 aromatic heterocycles. The first-order valence-corrected chi connectivity index (χ1v) is 10.1. The molecule has 0 aliphatic carbocycles. The molecule has 2 heterocycles. The van der Waals surface area contributed by atoms with Crippen LogP contribution >= 0.6 is 0 Å². The molecule has 0 radical (unpaired) electrons. The molecule has 0 atom stereocenters. The van der Waals surface area contributed by atoms with Crippen molar-refractivity contribution < 1.29 is 27.5 Å². The Labute approximate surface area is 153 Å². The fourth-order valence-corrected chi connectivity index (χ4v) is 4.89. The fraction of sp³-hybridized carbons (Fsp3) is 0.647. The highest BCUT2D eigenvalue weighted by Gasteiger charge is 2.37. The molecular weight excluding hydrogens is 360 g/mol. The topological polar surface area (TPSA) is 108 Å². The normalized spacial score (nSPS) is 16.3. The summed E-state index contributed by atoms with van der Waals surface area (Å²) in [5, 5.41) is 9.34. The van der Waals surface area contributed by atoms with Gasteiger partial charge in [0.05, 0.1) is 0 Å². The van der Waals surface area contributed by atoms with Crippen molar-refractivity contribution in [1.82, 2.24) is 9.21 Å². The lowest BCUT2D eigenvalue weighted by atomic mass is 10.1. The molecule has 1 N–H and O–H groups in total. The van der Waals surface area contributed by atoms with Crippen molar-refractivity contribution in [2.24, 2.45) is 5.92 Å². The van der Waals surface area contributed by atoms with Crippen LogP contribution in [0.3, 0.4) is 0 Å².